The number of likely N-dealkylation sites (tertiary alicyclic amines) is 1. The van der Waals surface area contributed by atoms with Gasteiger partial charge in [-0.1, -0.05) is 27.7 Å². The molecular formula is C29H37F5N4O6. The van der Waals surface area contributed by atoms with Crippen LogP contribution in [0.5, 0.6) is 0 Å². The Morgan fingerprint density at radius 2 is 1.43 bits per heavy atom. The minimum absolute atomic E-state index is 0.0153. The molecule has 44 heavy (non-hydrogen) atoms. The zero-order chi connectivity index (χ0) is 33.0. The highest BCUT2D eigenvalue weighted by atomic mass is 19.4. The Labute approximate surface area is 251 Å². The summed E-state index contributed by atoms with van der Waals surface area (Å²) in [4.78, 5) is 66.9. The molecule has 0 bridgehead atoms. The molecule has 2 heterocycles. The molecule has 1 unspecified atom stereocenters. The maximum atomic E-state index is 14.0. The number of amides is 4. The van der Waals surface area contributed by atoms with Gasteiger partial charge < -0.3 is 15.0 Å². The van der Waals surface area contributed by atoms with Gasteiger partial charge in [-0.15, -0.1) is 0 Å². The molecule has 2 saturated heterocycles. The number of carbonyl (C=O) groups excluding carboxylic acids is 5. The van der Waals surface area contributed by atoms with Crippen molar-refractivity contribution in [3.8, 4) is 0 Å². The third kappa shape index (κ3) is 7.78. The molecule has 10 nitrogen and oxygen atoms in total. The van der Waals surface area contributed by atoms with E-state index in [9.17, 15) is 45.9 Å². The second-order valence-electron chi connectivity index (χ2n) is 11.6. The highest BCUT2D eigenvalue weighted by molar-refractivity contribution is 6.04. The molecule has 0 aromatic heterocycles. The predicted molar refractivity (Wildman–Crippen MR) is 147 cm³/mol. The second-order valence-corrected chi connectivity index (χ2v) is 11.6. The minimum Gasteiger partial charge on any atom is -0.378 e. The summed E-state index contributed by atoms with van der Waals surface area (Å²) in [5.74, 6) is -12.3. The van der Waals surface area contributed by atoms with E-state index in [-0.39, 0.29) is 30.9 Å². The Balaban J connectivity index is 1.69. The van der Waals surface area contributed by atoms with Gasteiger partial charge in [-0.05, 0) is 55.5 Å². The molecule has 3 atom stereocenters. The summed E-state index contributed by atoms with van der Waals surface area (Å²) in [7, 11) is 0. The molecule has 4 amide bonds. The van der Waals surface area contributed by atoms with E-state index in [1.807, 2.05) is 0 Å². The number of morpholine rings is 1. The summed E-state index contributed by atoms with van der Waals surface area (Å²) >= 11 is 0. The Morgan fingerprint density at radius 3 is 1.95 bits per heavy atom. The molecule has 2 aliphatic heterocycles. The van der Waals surface area contributed by atoms with Crippen LogP contribution in [-0.2, 0) is 19.1 Å². The first-order valence-corrected chi connectivity index (χ1v) is 14.3. The molecule has 0 saturated carbocycles. The van der Waals surface area contributed by atoms with E-state index in [0.717, 1.165) is 4.90 Å². The maximum absolute atomic E-state index is 14.0. The first kappa shape index (κ1) is 35.0. The number of nitrogens with one attached hydrogen (secondary N) is 2. The van der Waals surface area contributed by atoms with Crippen LogP contribution in [0.2, 0.25) is 0 Å². The minimum atomic E-state index is -6.11. The number of imide groups is 1. The number of ketones is 1. The monoisotopic (exact) mass is 632 g/mol. The van der Waals surface area contributed by atoms with Crippen LogP contribution in [0.1, 0.15) is 61.3 Å². The molecule has 2 aliphatic rings. The van der Waals surface area contributed by atoms with Crippen molar-refractivity contribution in [1.82, 2.24) is 20.4 Å². The summed E-state index contributed by atoms with van der Waals surface area (Å²) in [6.07, 6.45) is -5.87. The van der Waals surface area contributed by atoms with Crippen molar-refractivity contribution in [2.75, 3.05) is 32.8 Å². The molecule has 2 N–H and O–H groups in total. The third-order valence-electron chi connectivity index (χ3n) is 7.69. The number of ether oxygens (including phenoxy) is 1. The highest BCUT2D eigenvalue weighted by Gasteiger charge is 2.65. The smallest absolute Gasteiger partial charge is 0.378 e. The van der Waals surface area contributed by atoms with Crippen LogP contribution in [0.3, 0.4) is 0 Å². The number of Topliss-reactive ketones (excluding diaryl/α,β-unsaturated/α-hetero) is 1. The molecule has 3 rings (SSSR count). The average molecular weight is 633 g/mol. The third-order valence-corrected chi connectivity index (χ3v) is 7.69. The SMILES string of the molecule is CC(C)C(C(=O)C(F)(F)C(F)(F)F)N1CCC[C@H]1C(=O)NC(=O)[C@@H](NC(=O)c1ccc(C(=O)N2CCOCC2)cc1)C(C)C. The summed E-state index contributed by atoms with van der Waals surface area (Å²) in [5.41, 5.74) is 0.499. The fourth-order valence-corrected chi connectivity index (χ4v) is 5.32. The fraction of sp³-hybridized carbons (Fsp3) is 0.621. The molecule has 1 aromatic rings. The fourth-order valence-electron chi connectivity index (χ4n) is 5.32. The van der Waals surface area contributed by atoms with Gasteiger partial charge in [-0.3, -0.25) is 34.2 Å². The van der Waals surface area contributed by atoms with Gasteiger partial charge in [0.05, 0.1) is 25.3 Å². The molecule has 0 spiro atoms. The molecule has 0 aliphatic carbocycles. The number of hydrogen-bond donors (Lipinski definition) is 2. The van der Waals surface area contributed by atoms with E-state index >= 15 is 0 Å². The van der Waals surface area contributed by atoms with Crippen molar-refractivity contribution in [2.24, 2.45) is 11.8 Å². The molecule has 244 valence electrons. The lowest BCUT2D eigenvalue weighted by atomic mass is 9.93. The number of nitrogens with zero attached hydrogens (tertiary/aromatic N) is 2. The van der Waals surface area contributed by atoms with Gasteiger partial charge in [0.25, 0.3) is 11.8 Å². The first-order chi connectivity index (χ1) is 20.5. The quantitative estimate of drug-likeness (QED) is 0.380. The van der Waals surface area contributed by atoms with Gasteiger partial charge >= 0.3 is 12.1 Å². The zero-order valence-electron chi connectivity index (χ0n) is 24.9. The van der Waals surface area contributed by atoms with Crippen LogP contribution in [0, 0.1) is 11.8 Å². The lowest BCUT2D eigenvalue weighted by Gasteiger charge is -2.36. The van der Waals surface area contributed by atoms with Crippen LogP contribution in [0.25, 0.3) is 0 Å². The van der Waals surface area contributed by atoms with Crippen molar-refractivity contribution in [3.05, 3.63) is 35.4 Å². The van der Waals surface area contributed by atoms with Crippen LogP contribution in [-0.4, -0.2) is 102 Å². The van der Waals surface area contributed by atoms with Gasteiger partial charge in [0.1, 0.15) is 6.04 Å². The molecule has 15 heteroatoms. The Morgan fingerprint density at radius 1 is 0.864 bits per heavy atom. The second kappa shape index (κ2) is 14.1. The molecular weight excluding hydrogens is 595 g/mol. The maximum Gasteiger partial charge on any atom is 0.461 e. The predicted octanol–water partition coefficient (Wildman–Crippen LogP) is 2.81. The number of rotatable bonds is 10. The van der Waals surface area contributed by atoms with E-state index in [2.05, 4.69) is 10.6 Å². The molecule has 0 radical (unpaired) electrons. The topological polar surface area (TPSA) is 125 Å². The van der Waals surface area contributed by atoms with Crippen molar-refractivity contribution in [1.29, 1.82) is 0 Å². The van der Waals surface area contributed by atoms with Crippen LogP contribution >= 0.6 is 0 Å². The first-order valence-electron chi connectivity index (χ1n) is 14.3. The number of halogens is 5. The van der Waals surface area contributed by atoms with Gasteiger partial charge in [-0.25, -0.2) is 0 Å². The van der Waals surface area contributed by atoms with E-state index in [1.165, 1.54) is 38.1 Å². The van der Waals surface area contributed by atoms with Crippen molar-refractivity contribution in [2.45, 2.75) is 70.8 Å². The van der Waals surface area contributed by atoms with Gasteiger partial charge in [-0.2, -0.15) is 22.0 Å². The van der Waals surface area contributed by atoms with E-state index in [0.29, 0.717) is 31.9 Å². The van der Waals surface area contributed by atoms with Gasteiger partial charge in [0.15, 0.2) is 0 Å². The summed E-state index contributed by atoms with van der Waals surface area (Å²) in [6.45, 7) is 7.43. The lowest BCUT2D eigenvalue weighted by molar-refractivity contribution is -0.271. The standard InChI is InChI=1S/C29H37F5N4O6/c1-16(2)21(35-24(40)18-7-9-19(10-8-18)27(43)37-12-14-44-15-13-37)26(42)36-25(41)20-6-5-11-38(20)22(17(3)4)23(39)28(30,31)29(32,33)34/h7-10,16-17,20-22H,5-6,11-15H2,1-4H3,(H,35,40)(H,36,41,42)/t20-,21-,22?/m0/s1. The van der Waals surface area contributed by atoms with Crippen molar-refractivity contribution >= 4 is 29.4 Å². The van der Waals surface area contributed by atoms with E-state index in [1.54, 1.807) is 18.7 Å². The van der Waals surface area contributed by atoms with Crippen LogP contribution in [0.15, 0.2) is 24.3 Å². The van der Waals surface area contributed by atoms with Crippen molar-refractivity contribution in [3.63, 3.8) is 0 Å². The van der Waals surface area contributed by atoms with Crippen molar-refractivity contribution < 1.29 is 50.7 Å². The summed E-state index contributed by atoms with van der Waals surface area (Å²) in [6, 6.07) is 1.30. The number of carbonyl (C=O) groups is 5. The van der Waals surface area contributed by atoms with Crippen LogP contribution in [0.4, 0.5) is 22.0 Å². The number of hydrogen-bond acceptors (Lipinski definition) is 7. The lowest BCUT2D eigenvalue weighted by Crippen LogP contribution is -2.60. The number of alkyl halides is 5. The normalized spacial score (nSPS) is 19.5. The highest BCUT2D eigenvalue weighted by Crippen LogP contribution is 2.39. The van der Waals surface area contributed by atoms with E-state index in [4.69, 9.17) is 4.74 Å². The van der Waals surface area contributed by atoms with Crippen LogP contribution < -0.4 is 10.6 Å². The summed E-state index contributed by atoms with van der Waals surface area (Å²) in [5, 5.41) is 4.68. The van der Waals surface area contributed by atoms with Gasteiger partial charge in [0, 0.05) is 24.2 Å². The largest absolute Gasteiger partial charge is 0.461 e. The summed E-state index contributed by atoms with van der Waals surface area (Å²) < 4.78 is 72.2. The Kier molecular flexibility index (Phi) is 11.2. The molecule has 2 fully saturated rings. The number of benzene rings is 1. The van der Waals surface area contributed by atoms with Gasteiger partial charge in [0.2, 0.25) is 17.6 Å². The Bertz CT molecular complexity index is 1230. The van der Waals surface area contributed by atoms with E-state index < -0.39 is 65.6 Å². The molecule has 1 aromatic carbocycles. The average Bonchev–Trinajstić information content (AvgIpc) is 3.44. The zero-order valence-corrected chi connectivity index (χ0v) is 24.9. The Hall–Kier alpha value is -3.46.